The highest BCUT2D eigenvalue weighted by Gasteiger charge is 2.19. The van der Waals surface area contributed by atoms with Crippen LogP contribution in [0.25, 0.3) is 0 Å². The third-order valence-corrected chi connectivity index (χ3v) is 5.36. The molecule has 1 atom stereocenters. The lowest BCUT2D eigenvalue weighted by atomic mass is 10.2. The first-order valence-corrected chi connectivity index (χ1v) is 9.98. The first kappa shape index (κ1) is 19.1. The van der Waals surface area contributed by atoms with Gasteiger partial charge in [-0.15, -0.1) is 21.5 Å². The molecule has 0 fully saturated rings. The lowest BCUT2D eigenvalue weighted by Crippen LogP contribution is -2.28. The number of nitrogens with zero attached hydrogens (tertiary/aromatic N) is 4. The Hall–Kier alpha value is -2.72. The van der Waals surface area contributed by atoms with Gasteiger partial charge in [0.25, 0.3) is 5.91 Å². The average molecular weight is 403 g/mol. The molecule has 0 aliphatic rings. The highest BCUT2D eigenvalue weighted by atomic mass is 32.2. The lowest BCUT2D eigenvalue weighted by Gasteiger charge is -2.13. The minimum atomic E-state index is -0.325. The summed E-state index contributed by atoms with van der Waals surface area (Å²) in [5.41, 5.74) is 0.583. The van der Waals surface area contributed by atoms with Crippen LogP contribution in [0.5, 0.6) is 0 Å². The predicted molar refractivity (Wildman–Crippen MR) is 105 cm³/mol. The van der Waals surface area contributed by atoms with Crippen molar-refractivity contribution in [2.45, 2.75) is 18.1 Å². The quantitative estimate of drug-likeness (QED) is 0.589. The van der Waals surface area contributed by atoms with Crippen LogP contribution in [0.15, 0.2) is 47.1 Å². The number of hydrogen-bond donors (Lipinski definition) is 2. The van der Waals surface area contributed by atoms with Gasteiger partial charge in [0.05, 0.1) is 11.8 Å². The summed E-state index contributed by atoms with van der Waals surface area (Å²) in [6, 6.07) is 8.66. The molecule has 0 aliphatic carbocycles. The Morgan fingerprint density at radius 2 is 2.04 bits per heavy atom. The summed E-state index contributed by atoms with van der Waals surface area (Å²) in [5, 5.41) is 16.8. The molecule has 2 N–H and O–H groups in total. The van der Waals surface area contributed by atoms with E-state index < -0.39 is 0 Å². The zero-order chi connectivity index (χ0) is 19.2. The van der Waals surface area contributed by atoms with E-state index in [0.717, 1.165) is 0 Å². The number of thiazole rings is 1. The summed E-state index contributed by atoms with van der Waals surface area (Å²) in [6.45, 7) is 1.84. The fourth-order valence-electron chi connectivity index (χ4n) is 2.33. The Balaban J connectivity index is 1.57. The fraction of sp³-hybridized carbons (Fsp3) is 0.235. The summed E-state index contributed by atoms with van der Waals surface area (Å²) in [6.07, 6.45) is 1.63. The van der Waals surface area contributed by atoms with E-state index in [0.29, 0.717) is 21.7 Å². The molecule has 0 spiro atoms. The van der Waals surface area contributed by atoms with Crippen LogP contribution in [0, 0.1) is 0 Å². The second-order valence-corrected chi connectivity index (χ2v) is 7.47. The molecule has 8 nitrogen and oxygen atoms in total. The van der Waals surface area contributed by atoms with Crippen LogP contribution in [-0.2, 0) is 11.8 Å². The fourth-order valence-corrected chi connectivity index (χ4v) is 3.60. The molecule has 0 saturated heterocycles. The van der Waals surface area contributed by atoms with Gasteiger partial charge in [0.1, 0.15) is 0 Å². The number of carbonyl (C=O) groups is 2. The minimum Gasteiger partial charge on any atom is -0.342 e. The Morgan fingerprint density at radius 3 is 2.74 bits per heavy atom. The summed E-state index contributed by atoms with van der Waals surface area (Å²) in [7, 11) is 1.81. The minimum absolute atomic E-state index is 0.162. The number of amides is 2. The molecule has 0 radical (unpaired) electrons. The van der Waals surface area contributed by atoms with Crippen molar-refractivity contribution in [1.82, 2.24) is 25.1 Å². The number of benzene rings is 1. The van der Waals surface area contributed by atoms with Crippen LogP contribution < -0.4 is 10.6 Å². The van der Waals surface area contributed by atoms with Gasteiger partial charge < -0.3 is 15.2 Å². The normalized spacial score (nSPS) is 11.8. The van der Waals surface area contributed by atoms with E-state index >= 15 is 0 Å². The highest BCUT2D eigenvalue weighted by molar-refractivity contribution is 7.99. The molecule has 27 heavy (non-hydrogen) atoms. The molecule has 140 valence electrons. The Morgan fingerprint density at radius 1 is 1.26 bits per heavy atom. The summed E-state index contributed by atoms with van der Waals surface area (Å²) in [4.78, 5) is 28.3. The van der Waals surface area contributed by atoms with Gasteiger partial charge >= 0.3 is 0 Å². The third kappa shape index (κ3) is 4.92. The van der Waals surface area contributed by atoms with Gasteiger partial charge in [-0.2, -0.15) is 0 Å². The van der Waals surface area contributed by atoms with Gasteiger partial charge in [-0.05, 0) is 19.1 Å². The standard InChI is InChI=1S/C17H18N6O2S2/c1-11(19-15(25)12-6-4-3-5-7-12)14-21-22-17(23(14)2)27-10-13(24)20-16-18-8-9-26-16/h3-9,11H,10H2,1-2H3,(H,19,25)(H,18,20,24)/t11-/m0/s1. The average Bonchev–Trinajstić information content (AvgIpc) is 3.30. The topological polar surface area (TPSA) is 102 Å². The molecule has 3 aromatic rings. The highest BCUT2D eigenvalue weighted by Crippen LogP contribution is 2.20. The molecule has 2 heterocycles. The third-order valence-electron chi connectivity index (χ3n) is 3.65. The number of nitrogens with one attached hydrogen (secondary N) is 2. The van der Waals surface area contributed by atoms with Crippen molar-refractivity contribution in [2.75, 3.05) is 11.1 Å². The van der Waals surface area contributed by atoms with E-state index in [2.05, 4.69) is 25.8 Å². The van der Waals surface area contributed by atoms with Crippen molar-refractivity contribution in [3.63, 3.8) is 0 Å². The first-order chi connectivity index (χ1) is 13.0. The Bertz CT molecular complexity index is 911. The number of hydrogen-bond acceptors (Lipinski definition) is 7. The number of thioether (sulfide) groups is 1. The van der Waals surface area contributed by atoms with E-state index in [9.17, 15) is 9.59 Å². The lowest BCUT2D eigenvalue weighted by molar-refractivity contribution is -0.113. The maximum Gasteiger partial charge on any atom is 0.251 e. The van der Waals surface area contributed by atoms with Gasteiger partial charge in [0.15, 0.2) is 16.1 Å². The van der Waals surface area contributed by atoms with E-state index in [1.807, 2.05) is 32.2 Å². The molecule has 0 bridgehead atoms. The second kappa shape index (κ2) is 8.78. The van der Waals surface area contributed by atoms with Crippen molar-refractivity contribution >= 4 is 40.0 Å². The summed E-state index contributed by atoms with van der Waals surface area (Å²) < 4.78 is 1.78. The van der Waals surface area contributed by atoms with Crippen molar-refractivity contribution in [3.8, 4) is 0 Å². The molecular formula is C17H18N6O2S2. The number of anilines is 1. The van der Waals surface area contributed by atoms with E-state index in [1.165, 1.54) is 23.1 Å². The van der Waals surface area contributed by atoms with E-state index in [4.69, 9.17) is 0 Å². The molecule has 3 rings (SSSR count). The number of aromatic nitrogens is 4. The second-order valence-electron chi connectivity index (χ2n) is 5.64. The predicted octanol–water partition coefficient (Wildman–Crippen LogP) is 2.49. The Kier molecular flexibility index (Phi) is 6.20. The molecule has 0 unspecified atom stereocenters. The molecule has 10 heteroatoms. The zero-order valence-electron chi connectivity index (χ0n) is 14.7. The van der Waals surface area contributed by atoms with Crippen LogP contribution in [0.1, 0.15) is 29.1 Å². The van der Waals surface area contributed by atoms with Gasteiger partial charge in [-0.25, -0.2) is 4.98 Å². The summed E-state index contributed by atoms with van der Waals surface area (Å²) >= 11 is 2.63. The Labute approximate surface area is 164 Å². The first-order valence-electron chi connectivity index (χ1n) is 8.12. The molecule has 0 aliphatic heterocycles. The van der Waals surface area contributed by atoms with Gasteiger partial charge in [0.2, 0.25) is 5.91 Å². The molecule has 0 saturated carbocycles. The van der Waals surface area contributed by atoms with Gasteiger partial charge in [-0.1, -0.05) is 30.0 Å². The maximum atomic E-state index is 12.3. The zero-order valence-corrected chi connectivity index (χ0v) is 16.4. The van der Waals surface area contributed by atoms with Crippen molar-refractivity contribution in [1.29, 1.82) is 0 Å². The van der Waals surface area contributed by atoms with Gasteiger partial charge in [0, 0.05) is 24.2 Å². The largest absolute Gasteiger partial charge is 0.342 e. The smallest absolute Gasteiger partial charge is 0.251 e. The molecule has 1 aromatic carbocycles. The van der Waals surface area contributed by atoms with Crippen LogP contribution >= 0.6 is 23.1 Å². The SMILES string of the molecule is C[C@H](NC(=O)c1ccccc1)c1nnc(SCC(=O)Nc2nccs2)n1C. The van der Waals surface area contributed by atoms with Crippen molar-refractivity contribution in [2.24, 2.45) is 7.05 Å². The maximum absolute atomic E-state index is 12.3. The van der Waals surface area contributed by atoms with E-state index in [1.54, 1.807) is 28.3 Å². The van der Waals surface area contributed by atoms with E-state index in [-0.39, 0.29) is 23.6 Å². The summed E-state index contributed by atoms with van der Waals surface area (Å²) in [5.74, 6) is 0.464. The molecule has 2 aromatic heterocycles. The van der Waals surface area contributed by atoms with Crippen molar-refractivity contribution in [3.05, 3.63) is 53.3 Å². The molecule has 2 amide bonds. The van der Waals surface area contributed by atoms with Crippen LogP contribution in [0.4, 0.5) is 5.13 Å². The van der Waals surface area contributed by atoms with Crippen LogP contribution in [-0.4, -0.2) is 37.3 Å². The van der Waals surface area contributed by atoms with Gasteiger partial charge in [-0.3, -0.25) is 9.59 Å². The monoisotopic (exact) mass is 402 g/mol. The number of carbonyl (C=O) groups excluding carboxylic acids is 2. The van der Waals surface area contributed by atoms with Crippen molar-refractivity contribution < 1.29 is 9.59 Å². The molecular weight excluding hydrogens is 384 g/mol. The number of rotatable bonds is 7. The van der Waals surface area contributed by atoms with Crippen LogP contribution in [0.3, 0.4) is 0 Å². The van der Waals surface area contributed by atoms with Crippen LogP contribution in [0.2, 0.25) is 0 Å².